The highest BCUT2D eigenvalue weighted by atomic mass is 79.9. The lowest BCUT2D eigenvalue weighted by Gasteiger charge is -2.08. The van der Waals surface area contributed by atoms with Gasteiger partial charge in [0, 0.05) is 6.54 Å². The molecule has 60 valence electrons. The number of hydrogen-bond acceptors (Lipinski definition) is 2. The summed E-state index contributed by atoms with van der Waals surface area (Å²) < 4.78 is 0. The van der Waals surface area contributed by atoms with E-state index in [2.05, 4.69) is 15.9 Å². The molecule has 0 aromatic heterocycles. The third-order valence-corrected chi connectivity index (χ3v) is 2.07. The Morgan fingerprint density at radius 3 is 2.45 bits per heavy atom. The predicted molar refractivity (Wildman–Crippen MR) is 50.2 cm³/mol. The van der Waals surface area contributed by atoms with Gasteiger partial charge in [0.1, 0.15) is 0 Å². The van der Waals surface area contributed by atoms with Crippen LogP contribution in [0.2, 0.25) is 0 Å². The molecule has 0 bridgehead atoms. The van der Waals surface area contributed by atoms with E-state index in [1.165, 1.54) is 0 Å². The maximum absolute atomic E-state index is 5.65. The van der Waals surface area contributed by atoms with E-state index in [-0.39, 0.29) is 4.95 Å². The van der Waals surface area contributed by atoms with Crippen molar-refractivity contribution in [1.29, 1.82) is 0 Å². The standard InChI is InChI=1S/C8H11BrN2/c9-8(11)7-4-2-1-3-6(7)5-10/h1-4,8H,5,10-11H2. The first-order valence-electron chi connectivity index (χ1n) is 3.43. The topological polar surface area (TPSA) is 52.0 Å². The molecule has 1 rings (SSSR count). The first kappa shape index (κ1) is 8.71. The SMILES string of the molecule is NCc1ccccc1C(N)Br. The molecule has 0 amide bonds. The summed E-state index contributed by atoms with van der Waals surface area (Å²) in [6.45, 7) is 0.537. The zero-order valence-corrected chi connectivity index (χ0v) is 7.71. The van der Waals surface area contributed by atoms with Crippen LogP contribution in [-0.4, -0.2) is 0 Å². The van der Waals surface area contributed by atoms with Crippen LogP contribution in [-0.2, 0) is 6.54 Å². The molecule has 0 aliphatic rings. The fraction of sp³-hybridized carbons (Fsp3) is 0.250. The molecule has 0 heterocycles. The number of halogens is 1. The van der Waals surface area contributed by atoms with Crippen molar-refractivity contribution >= 4 is 15.9 Å². The number of alkyl halides is 1. The summed E-state index contributed by atoms with van der Waals surface area (Å²) in [5, 5.41) is 0. The zero-order valence-electron chi connectivity index (χ0n) is 6.13. The van der Waals surface area contributed by atoms with Crippen LogP contribution in [0.3, 0.4) is 0 Å². The molecule has 0 saturated heterocycles. The van der Waals surface area contributed by atoms with E-state index in [0.29, 0.717) is 6.54 Å². The Hall–Kier alpha value is -0.380. The number of hydrogen-bond donors (Lipinski definition) is 2. The summed E-state index contributed by atoms with van der Waals surface area (Å²) in [4.78, 5) is -0.109. The van der Waals surface area contributed by atoms with Gasteiger partial charge in [0.15, 0.2) is 0 Å². The fourth-order valence-electron chi connectivity index (χ4n) is 0.989. The molecule has 3 heteroatoms. The van der Waals surface area contributed by atoms with Crippen LogP contribution < -0.4 is 11.5 Å². The molecule has 0 fully saturated rings. The van der Waals surface area contributed by atoms with Crippen molar-refractivity contribution in [3.05, 3.63) is 35.4 Å². The Morgan fingerprint density at radius 1 is 1.36 bits per heavy atom. The van der Waals surface area contributed by atoms with Gasteiger partial charge in [-0.1, -0.05) is 40.2 Å². The minimum atomic E-state index is -0.109. The lowest BCUT2D eigenvalue weighted by molar-refractivity contribution is 0.972. The van der Waals surface area contributed by atoms with Crippen LogP contribution in [0.1, 0.15) is 16.1 Å². The second kappa shape index (κ2) is 3.85. The van der Waals surface area contributed by atoms with Crippen LogP contribution in [0.15, 0.2) is 24.3 Å². The van der Waals surface area contributed by atoms with Crippen LogP contribution in [0.25, 0.3) is 0 Å². The van der Waals surface area contributed by atoms with Gasteiger partial charge in [-0.05, 0) is 11.1 Å². The van der Waals surface area contributed by atoms with Crippen LogP contribution in [0.5, 0.6) is 0 Å². The summed E-state index contributed by atoms with van der Waals surface area (Å²) in [7, 11) is 0. The highest BCUT2D eigenvalue weighted by molar-refractivity contribution is 9.09. The molecule has 0 saturated carbocycles. The Bertz CT molecular complexity index is 235. The van der Waals surface area contributed by atoms with Crippen molar-refractivity contribution < 1.29 is 0 Å². The molecule has 1 aromatic carbocycles. The minimum absolute atomic E-state index is 0.109. The van der Waals surface area contributed by atoms with Gasteiger partial charge in [-0.25, -0.2) is 0 Å². The van der Waals surface area contributed by atoms with E-state index in [0.717, 1.165) is 11.1 Å². The van der Waals surface area contributed by atoms with E-state index < -0.39 is 0 Å². The number of benzene rings is 1. The molecule has 1 unspecified atom stereocenters. The first-order chi connectivity index (χ1) is 5.25. The monoisotopic (exact) mass is 214 g/mol. The maximum Gasteiger partial charge on any atom is 0.0864 e. The van der Waals surface area contributed by atoms with Gasteiger partial charge < -0.3 is 11.5 Å². The van der Waals surface area contributed by atoms with Gasteiger partial charge in [-0.15, -0.1) is 0 Å². The Labute approximate surface area is 74.7 Å². The molecule has 11 heavy (non-hydrogen) atoms. The molecular formula is C8H11BrN2. The normalized spacial score (nSPS) is 13.0. The maximum atomic E-state index is 5.65. The van der Waals surface area contributed by atoms with Gasteiger partial charge in [-0.3, -0.25) is 0 Å². The Morgan fingerprint density at radius 2 is 2.00 bits per heavy atom. The highest BCUT2D eigenvalue weighted by Gasteiger charge is 2.04. The molecule has 1 atom stereocenters. The van der Waals surface area contributed by atoms with Crippen molar-refractivity contribution in [3.63, 3.8) is 0 Å². The van der Waals surface area contributed by atoms with Crippen molar-refractivity contribution in [3.8, 4) is 0 Å². The third kappa shape index (κ3) is 2.02. The van der Waals surface area contributed by atoms with Gasteiger partial charge in [-0.2, -0.15) is 0 Å². The van der Waals surface area contributed by atoms with Crippen LogP contribution in [0, 0.1) is 0 Å². The molecule has 2 nitrogen and oxygen atoms in total. The smallest absolute Gasteiger partial charge is 0.0864 e. The Balaban J connectivity index is 3.02. The molecule has 4 N–H and O–H groups in total. The fourth-order valence-corrected chi connectivity index (χ4v) is 1.44. The largest absolute Gasteiger partial charge is 0.326 e. The van der Waals surface area contributed by atoms with E-state index in [9.17, 15) is 0 Å². The summed E-state index contributed by atoms with van der Waals surface area (Å²) >= 11 is 3.30. The lowest BCUT2D eigenvalue weighted by atomic mass is 10.1. The van der Waals surface area contributed by atoms with Crippen LogP contribution >= 0.6 is 15.9 Å². The first-order valence-corrected chi connectivity index (χ1v) is 4.35. The van der Waals surface area contributed by atoms with E-state index in [1.807, 2.05) is 24.3 Å². The molecule has 0 aliphatic carbocycles. The molecule has 0 radical (unpaired) electrons. The summed E-state index contributed by atoms with van der Waals surface area (Å²) in [6, 6.07) is 7.87. The van der Waals surface area contributed by atoms with Gasteiger partial charge in [0.05, 0.1) is 4.95 Å². The Kier molecular flexibility index (Phi) is 3.05. The van der Waals surface area contributed by atoms with E-state index in [4.69, 9.17) is 11.5 Å². The van der Waals surface area contributed by atoms with Gasteiger partial charge in [0.25, 0.3) is 0 Å². The predicted octanol–water partition coefficient (Wildman–Crippen LogP) is 1.50. The van der Waals surface area contributed by atoms with E-state index >= 15 is 0 Å². The van der Waals surface area contributed by atoms with Gasteiger partial charge >= 0.3 is 0 Å². The summed E-state index contributed by atoms with van der Waals surface area (Å²) in [5.74, 6) is 0. The highest BCUT2D eigenvalue weighted by Crippen LogP contribution is 2.19. The van der Waals surface area contributed by atoms with Crippen molar-refractivity contribution in [1.82, 2.24) is 0 Å². The zero-order chi connectivity index (χ0) is 8.27. The summed E-state index contributed by atoms with van der Waals surface area (Å²) in [6.07, 6.45) is 0. The molecular weight excluding hydrogens is 204 g/mol. The number of rotatable bonds is 2. The molecule has 1 aromatic rings. The number of nitrogens with two attached hydrogens (primary N) is 2. The molecule has 0 spiro atoms. The van der Waals surface area contributed by atoms with E-state index in [1.54, 1.807) is 0 Å². The minimum Gasteiger partial charge on any atom is -0.326 e. The van der Waals surface area contributed by atoms with Crippen LogP contribution in [0.4, 0.5) is 0 Å². The second-order valence-corrected chi connectivity index (χ2v) is 3.29. The van der Waals surface area contributed by atoms with Crippen molar-refractivity contribution in [2.75, 3.05) is 0 Å². The van der Waals surface area contributed by atoms with Gasteiger partial charge in [0.2, 0.25) is 0 Å². The van der Waals surface area contributed by atoms with Crippen molar-refractivity contribution in [2.24, 2.45) is 11.5 Å². The quantitative estimate of drug-likeness (QED) is 0.580. The summed E-state index contributed by atoms with van der Waals surface area (Å²) in [5.41, 5.74) is 13.3. The lowest BCUT2D eigenvalue weighted by Crippen LogP contribution is -2.08. The third-order valence-electron chi connectivity index (χ3n) is 1.57. The average molecular weight is 215 g/mol. The van der Waals surface area contributed by atoms with Crippen molar-refractivity contribution in [2.45, 2.75) is 11.5 Å². The average Bonchev–Trinajstić information content (AvgIpc) is 2.04. The molecule has 0 aliphatic heterocycles. The second-order valence-electron chi connectivity index (χ2n) is 2.30.